The highest BCUT2D eigenvalue weighted by atomic mass is 35.5. The van der Waals surface area contributed by atoms with Gasteiger partial charge in [-0.25, -0.2) is 0 Å². The molecule has 0 atom stereocenters. The smallest absolute Gasteiger partial charge is 0.0465 e. The summed E-state index contributed by atoms with van der Waals surface area (Å²) in [6, 6.07) is 5.73. The monoisotopic (exact) mass is 242 g/mol. The van der Waals surface area contributed by atoms with Gasteiger partial charge in [0.05, 0.1) is 0 Å². The summed E-state index contributed by atoms with van der Waals surface area (Å²) >= 11 is 12.0. The molecule has 0 bridgehead atoms. The van der Waals surface area contributed by atoms with Gasteiger partial charge in [-0.05, 0) is 50.0 Å². The van der Waals surface area contributed by atoms with Gasteiger partial charge in [0.15, 0.2) is 0 Å². The Morgan fingerprint density at radius 3 is 2.53 bits per heavy atom. The van der Waals surface area contributed by atoms with Crippen molar-refractivity contribution in [2.75, 3.05) is 13.1 Å². The molecule has 0 saturated carbocycles. The first-order chi connectivity index (χ1) is 7.25. The van der Waals surface area contributed by atoms with Gasteiger partial charge in [-0.15, -0.1) is 0 Å². The normalized spacial score (nSPS) is 18.0. The zero-order valence-corrected chi connectivity index (χ0v) is 10.1. The predicted molar refractivity (Wildman–Crippen MR) is 65.3 cm³/mol. The molecule has 0 aliphatic carbocycles. The second kappa shape index (κ2) is 5.20. The van der Waals surface area contributed by atoms with Crippen molar-refractivity contribution in [2.45, 2.75) is 19.4 Å². The fraction of sp³-hybridized carbons (Fsp3) is 0.417. The molecule has 0 N–H and O–H groups in total. The number of nitrogens with zero attached hydrogens (tertiary/aromatic N) is 1. The molecule has 0 unspecified atom stereocenters. The van der Waals surface area contributed by atoms with E-state index in [4.69, 9.17) is 23.2 Å². The summed E-state index contributed by atoms with van der Waals surface area (Å²) in [5, 5.41) is 1.48. The largest absolute Gasteiger partial charge is 0.299 e. The molecule has 1 radical (unpaired) electrons. The predicted octanol–water partition coefficient (Wildman–Crippen LogP) is 3.79. The van der Waals surface area contributed by atoms with E-state index in [1.807, 2.05) is 18.2 Å². The summed E-state index contributed by atoms with van der Waals surface area (Å²) in [5.41, 5.74) is 1.17. The van der Waals surface area contributed by atoms with Crippen molar-refractivity contribution >= 4 is 23.2 Å². The second-order valence-corrected chi connectivity index (χ2v) is 4.72. The molecule has 1 aliphatic heterocycles. The molecule has 0 amide bonds. The summed E-state index contributed by atoms with van der Waals surface area (Å²) in [7, 11) is 0. The number of halogens is 2. The number of benzene rings is 1. The van der Waals surface area contributed by atoms with Crippen LogP contribution in [0.4, 0.5) is 0 Å². The van der Waals surface area contributed by atoms with E-state index in [0.717, 1.165) is 24.7 Å². The number of hydrogen-bond acceptors (Lipinski definition) is 1. The van der Waals surface area contributed by atoms with E-state index >= 15 is 0 Å². The van der Waals surface area contributed by atoms with Crippen LogP contribution in [0.5, 0.6) is 0 Å². The zero-order valence-electron chi connectivity index (χ0n) is 8.55. The summed E-state index contributed by atoms with van der Waals surface area (Å²) < 4.78 is 0. The quantitative estimate of drug-likeness (QED) is 0.763. The number of rotatable bonds is 2. The molecular weight excluding hydrogens is 229 g/mol. The minimum absolute atomic E-state index is 0.704. The van der Waals surface area contributed by atoms with Crippen LogP contribution in [0, 0.1) is 6.42 Å². The third kappa shape index (κ3) is 3.10. The molecule has 1 aromatic rings. The molecular formula is C12H14Cl2N. The van der Waals surface area contributed by atoms with Gasteiger partial charge in [-0.1, -0.05) is 29.3 Å². The van der Waals surface area contributed by atoms with Crippen molar-refractivity contribution in [3.8, 4) is 0 Å². The van der Waals surface area contributed by atoms with E-state index in [0.29, 0.717) is 5.02 Å². The molecule has 1 saturated heterocycles. The van der Waals surface area contributed by atoms with Crippen LogP contribution >= 0.6 is 23.2 Å². The van der Waals surface area contributed by atoms with Gasteiger partial charge in [0, 0.05) is 16.6 Å². The van der Waals surface area contributed by atoms with Gasteiger partial charge in [-0.2, -0.15) is 0 Å². The maximum absolute atomic E-state index is 6.13. The van der Waals surface area contributed by atoms with Gasteiger partial charge in [0.2, 0.25) is 0 Å². The van der Waals surface area contributed by atoms with E-state index in [2.05, 4.69) is 11.3 Å². The lowest BCUT2D eigenvalue weighted by atomic mass is 10.1. The van der Waals surface area contributed by atoms with E-state index < -0.39 is 0 Å². The molecule has 81 valence electrons. The van der Waals surface area contributed by atoms with Gasteiger partial charge in [0.1, 0.15) is 0 Å². The fourth-order valence-corrected chi connectivity index (χ4v) is 2.32. The van der Waals surface area contributed by atoms with Crippen molar-refractivity contribution < 1.29 is 0 Å². The molecule has 1 fully saturated rings. The van der Waals surface area contributed by atoms with Crippen molar-refractivity contribution in [1.29, 1.82) is 0 Å². The average Bonchev–Trinajstić information content (AvgIpc) is 2.24. The van der Waals surface area contributed by atoms with Crippen LogP contribution in [0.15, 0.2) is 18.2 Å². The van der Waals surface area contributed by atoms with Crippen molar-refractivity contribution in [3.63, 3.8) is 0 Å². The molecule has 15 heavy (non-hydrogen) atoms. The Balaban J connectivity index is 2.03. The maximum Gasteiger partial charge on any atom is 0.0465 e. The lowest BCUT2D eigenvalue weighted by Gasteiger charge is -2.26. The summed E-state index contributed by atoms with van der Waals surface area (Å²) in [4.78, 5) is 2.43. The van der Waals surface area contributed by atoms with Crippen molar-refractivity contribution in [2.24, 2.45) is 0 Å². The minimum atomic E-state index is 0.704. The highest BCUT2D eigenvalue weighted by Crippen LogP contribution is 2.23. The Morgan fingerprint density at radius 1 is 1.13 bits per heavy atom. The number of likely N-dealkylation sites (tertiary alicyclic amines) is 1. The van der Waals surface area contributed by atoms with Crippen LogP contribution in [-0.4, -0.2) is 18.0 Å². The molecule has 2 rings (SSSR count). The zero-order chi connectivity index (χ0) is 10.7. The number of hydrogen-bond donors (Lipinski definition) is 0. The van der Waals surface area contributed by atoms with Crippen molar-refractivity contribution in [1.82, 2.24) is 4.90 Å². The van der Waals surface area contributed by atoms with E-state index in [9.17, 15) is 0 Å². The van der Waals surface area contributed by atoms with E-state index in [1.54, 1.807) is 0 Å². The Labute approximate surface area is 101 Å². The van der Waals surface area contributed by atoms with Crippen LogP contribution < -0.4 is 0 Å². The average molecular weight is 243 g/mol. The molecule has 1 nitrogen and oxygen atoms in total. The van der Waals surface area contributed by atoms with Crippen LogP contribution in [-0.2, 0) is 6.54 Å². The highest BCUT2D eigenvalue weighted by Gasteiger charge is 2.12. The maximum atomic E-state index is 6.13. The first-order valence-electron chi connectivity index (χ1n) is 5.23. The molecule has 3 heteroatoms. The molecule has 0 aromatic heterocycles. The van der Waals surface area contributed by atoms with E-state index in [-0.39, 0.29) is 0 Å². The van der Waals surface area contributed by atoms with E-state index in [1.165, 1.54) is 18.4 Å². The highest BCUT2D eigenvalue weighted by molar-refractivity contribution is 6.35. The molecule has 1 aliphatic rings. The van der Waals surface area contributed by atoms with Gasteiger partial charge >= 0.3 is 0 Å². The molecule has 1 heterocycles. The Hall–Kier alpha value is -0.240. The van der Waals surface area contributed by atoms with Gasteiger partial charge in [0.25, 0.3) is 0 Å². The van der Waals surface area contributed by atoms with Crippen LogP contribution in [0.25, 0.3) is 0 Å². The Kier molecular flexibility index (Phi) is 3.90. The third-order valence-electron chi connectivity index (χ3n) is 2.71. The second-order valence-electron chi connectivity index (χ2n) is 3.88. The van der Waals surface area contributed by atoms with Crippen molar-refractivity contribution in [3.05, 3.63) is 40.2 Å². The minimum Gasteiger partial charge on any atom is -0.299 e. The topological polar surface area (TPSA) is 3.24 Å². The lowest BCUT2D eigenvalue weighted by Crippen LogP contribution is -2.29. The Bertz CT molecular complexity index is 332. The first kappa shape index (κ1) is 11.3. The fourth-order valence-electron chi connectivity index (χ4n) is 1.85. The number of piperidine rings is 1. The lowest BCUT2D eigenvalue weighted by molar-refractivity contribution is 0.246. The summed E-state index contributed by atoms with van der Waals surface area (Å²) in [5.74, 6) is 0. The van der Waals surface area contributed by atoms with Crippen LogP contribution in [0.3, 0.4) is 0 Å². The summed E-state index contributed by atoms with van der Waals surface area (Å²) in [6.07, 6.45) is 4.72. The van der Waals surface area contributed by atoms with Crippen LogP contribution in [0.1, 0.15) is 18.4 Å². The summed E-state index contributed by atoms with van der Waals surface area (Å²) in [6.45, 7) is 3.21. The Morgan fingerprint density at radius 2 is 1.87 bits per heavy atom. The van der Waals surface area contributed by atoms with Gasteiger partial charge < -0.3 is 0 Å². The molecule has 1 aromatic carbocycles. The third-order valence-corrected chi connectivity index (χ3v) is 3.29. The van der Waals surface area contributed by atoms with Crippen LogP contribution in [0.2, 0.25) is 10.0 Å². The molecule has 0 spiro atoms. The standard InChI is InChI=1S/C12H14Cl2N/c13-11-5-4-10(12(14)8-11)9-15-6-2-1-3-7-15/h1,4-5,8H,2-3,6-7,9H2. The SMILES string of the molecule is Clc1ccc(CN2CC[CH]CC2)c(Cl)c1. The van der Waals surface area contributed by atoms with Gasteiger partial charge in [-0.3, -0.25) is 4.90 Å². The first-order valence-corrected chi connectivity index (χ1v) is 5.99.